The number of carboxylic acid groups (broad SMARTS) is 1. The maximum atomic E-state index is 12.4. The molecule has 0 bridgehead atoms. The predicted molar refractivity (Wildman–Crippen MR) is 106 cm³/mol. The van der Waals surface area contributed by atoms with Gasteiger partial charge in [0.2, 0.25) is 0 Å². The summed E-state index contributed by atoms with van der Waals surface area (Å²) >= 11 is 0. The first-order valence-electron chi connectivity index (χ1n) is 9.02. The molecule has 0 spiro atoms. The number of hydrogen-bond donors (Lipinski definition) is 1. The van der Waals surface area contributed by atoms with Gasteiger partial charge in [-0.2, -0.15) is 0 Å². The lowest BCUT2D eigenvalue weighted by Gasteiger charge is -2.06. The number of carbonyl (C=O) groups excluding carboxylic acids is 2. The summed E-state index contributed by atoms with van der Waals surface area (Å²) in [6, 6.07) is 13.4. The van der Waals surface area contributed by atoms with Crippen molar-refractivity contribution < 1.29 is 29.0 Å². The third-order valence-corrected chi connectivity index (χ3v) is 4.00. The van der Waals surface area contributed by atoms with E-state index < -0.39 is 11.9 Å². The first-order valence-corrected chi connectivity index (χ1v) is 9.02. The smallest absolute Gasteiger partial charge is 0.338 e. The van der Waals surface area contributed by atoms with Gasteiger partial charge in [-0.25, -0.2) is 4.79 Å². The Kier molecular flexibility index (Phi) is 9.43. The van der Waals surface area contributed by atoms with E-state index in [0.717, 1.165) is 6.42 Å². The van der Waals surface area contributed by atoms with Gasteiger partial charge >= 0.3 is 11.9 Å². The standard InChI is InChI=1S/C17H16O4.C5H10O2/c1-3-21-17(19)14-8-4-6-12(10-14)16(18)13-7-5-9-15(11-13)20-2;1-3-4(2)5(6)7/h4-11H,3H2,1-2H3;4H,3H2,1-2H3,(H,6,7). The monoisotopic (exact) mass is 386 g/mol. The van der Waals surface area contributed by atoms with Crippen molar-refractivity contribution >= 4 is 17.7 Å². The van der Waals surface area contributed by atoms with Gasteiger partial charge < -0.3 is 14.6 Å². The van der Waals surface area contributed by atoms with Gasteiger partial charge in [-0.3, -0.25) is 9.59 Å². The zero-order valence-electron chi connectivity index (χ0n) is 16.6. The van der Waals surface area contributed by atoms with E-state index in [2.05, 4.69) is 0 Å². The predicted octanol–water partition coefficient (Wildman–Crippen LogP) is 4.22. The van der Waals surface area contributed by atoms with Gasteiger partial charge in [0, 0.05) is 11.1 Å². The van der Waals surface area contributed by atoms with Crippen LogP contribution < -0.4 is 4.74 Å². The fraction of sp³-hybridized carbons (Fsp3) is 0.318. The molecule has 6 heteroatoms. The zero-order chi connectivity index (χ0) is 21.1. The second-order valence-corrected chi connectivity index (χ2v) is 6.01. The Balaban J connectivity index is 0.000000480. The number of ether oxygens (including phenoxy) is 2. The molecular formula is C22H26O6. The second-order valence-electron chi connectivity index (χ2n) is 6.01. The molecule has 1 unspecified atom stereocenters. The van der Waals surface area contributed by atoms with E-state index in [9.17, 15) is 14.4 Å². The Labute approximate surface area is 165 Å². The van der Waals surface area contributed by atoms with E-state index in [1.54, 1.807) is 69.5 Å². The molecule has 0 aliphatic rings. The lowest BCUT2D eigenvalue weighted by molar-refractivity contribution is -0.141. The zero-order valence-corrected chi connectivity index (χ0v) is 16.6. The van der Waals surface area contributed by atoms with Crippen molar-refractivity contribution in [1.29, 1.82) is 0 Å². The van der Waals surface area contributed by atoms with Crippen molar-refractivity contribution in [3.05, 3.63) is 65.2 Å². The molecule has 150 valence electrons. The molecule has 0 saturated heterocycles. The van der Waals surface area contributed by atoms with Gasteiger partial charge in [-0.05, 0) is 37.6 Å². The van der Waals surface area contributed by atoms with E-state index in [0.29, 0.717) is 29.0 Å². The number of carbonyl (C=O) groups is 3. The average Bonchev–Trinajstić information content (AvgIpc) is 2.73. The molecule has 0 fully saturated rings. The highest BCUT2D eigenvalue weighted by atomic mass is 16.5. The lowest BCUT2D eigenvalue weighted by atomic mass is 10.0. The van der Waals surface area contributed by atoms with Crippen molar-refractivity contribution in [3.8, 4) is 5.75 Å². The van der Waals surface area contributed by atoms with Gasteiger partial charge in [0.15, 0.2) is 5.78 Å². The summed E-state index contributed by atoms with van der Waals surface area (Å²) in [5.41, 5.74) is 1.31. The van der Waals surface area contributed by atoms with Crippen molar-refractivity contribution in [1.82, 2.24) is 0 Å². The summed E-state index contributed by atoms with van der Waals surface area (Å²) in [5.74, 6) is -0.872. The van der Waals surface area contributed by atoms with Crippen molar-refractivity contribution in [2.45, 2.75) is 27.2 Å². The summed E-state index contributed by atoms with van der Waals surface area (Å²) in [7, 11) is 1.55. The number of benzene rings is 2. The highest BCUT2D eigenvalue weighted by molar-refractivity contribution is 6.10. The van der Waals surface area contributed by atoms with Crippen LogP contribution in [-0.4, -0.2) is 36.5 Å². The molecule has 0 aliphatic heterocycles. The van der Waals surface area contributed by atoms with E-state index in [1.165, 1.54) is 0 Å². The molecule has 2 aromatic rings. The van der Waals surface area contributed by atoms with Gasteiger partial charge in [0.25, 0.3) is 0 Å². The van der Waals surface area contributed by atoms with Crippen molar-refractivity contribution in [3.63, 3.8) is 0 Å². The molecular weight excluding hydrogens is 360 g/mol. The van der Waals surface area contributed by atoms with E-state index in [4.69, 9.17) is 14.6 Å². The summed E-state index contributed by atoms with van der Waals surface area (Å²) in [4.78, 5) is 34.1. The molecule has 0 aromatic heterocycles. The minimum atomic E-state index is -0.706. The summed E-state index contributed by atoms with van der Waals surface area (Å²) in [6.07, 6.45) is 0.718. The normalized spacial score (nSPS) is 10.9. The molecule has 0 saturated carbocycles. The fourth-order valence-electron chi connectivity index (χ4n) is 2.11. The molecule has 2 rings (SSSR count). The minimum absolute atomic E-state index is 0.167. The molecule has 0 radical (unpaired) electrons. The van der Waals surface area contributed by atoms with Crippen molar-refractivity contribution in [2.75, 3.05) is 13.7 Å². The Morgan fingerprint density at radius 2 is 1.54 bits per heavy atom. The molecule has 2 aromatic carbocycles. The van der Waals surface area contributed by atoms with Crippen LogP contribution in [0.15, 0.2) is 48.5 Å². The number of aliphatic carboxylic acids is 1. The molecule has 6 nitrogen and oxygen atoms in total. The lowest BCUT2D eigenvalue weighted by Crippen LogP contribution is -2.07. The summed E-state index contributed by atoms with van der Waals surface area (Å²) in [5, 5.41) is 8.18. The topological polar surface area (TPSA) is 89.9 Å². The van der Waals surface area contributed by atoms with Crippen LogP contribution >= 0.6 is 0 Å². The third kappa shape index (κ3) is 6.87. The van der Waals surface area contributed by atoms with Gasteiger partial charge in [0.05, 0.1) is 25.2 Å². The van der Waals surface area contributed by atoms with Crippen LogP contribution in [0.5, 0.6) is 5.75 Å². The Hall–Kier alpha value is -3.15. The van der Waals surface area contributed by atoms with Crippen LogP contribution in [0.4, 0.5) is 0 Å². The Bertz CT molecular complexity index is 812. The summed E-state index contributed by atoms with van der Waals surface area (Å²) in [6.45, 7) is 5.59. The van der Waals surface area contributed by atoms with Crippen LogP contribution in [0, 0.1) is 5.92 Å². The average molecular weight is 386 g/mol. The van der Waals surface area contributed by atoms with Crippen LogP contribution in [0.25, 0.3) is 0 Å². The molecule has 0 amide bonds. The molecule has 1 N–H and O–H groups in total. The number of rotatable bonds is 7. The first kappa shape index (κ1) is 22.9. The molecule has 0 heterocycles. The van der Waals surface area contributed by atoms with E-state index in [1.807, 2.05) is 6.92 Å². The number of ketones is 1. The van der Waals surface area contributed by atoms with Crippen LogP contribution in [0.1, 0.15) is 53.5 Å². The highest BCUT2D eigenvalue weighted by Crippen LogP contribution is 2.17. The van der Waals surface area contributed by atoms with Gasteiger partial charge in [-0.15, -0.1) is 0 Å². The third-order valence-electron chi connectivity index (χ3n) is 4.00. The largest absolute Gasteiger partial charge is 0.497 e. The maximum absolute atomic E-state index is 12.4. The Morgan fingerprint density at radius 1 is 0.964 bits per heavy atom. The van der Waals surface area contributed by atoms with Gasteiger partial charge in [0.1, 0.15) is 5.75 Å². The van der Waals surface area contributed by atoms with Crippen LogP contribution in [-0.2, 0) is 9.53 Å². The SMILES string of the molecule is CCC(C)C(=O)O.CCOC(=O)c1cccc(C(=O)c2cccc(OC)c2)c1. The van der Waals surface area contributed by atoms with Gasteiger partial charge in [-0.1, -0.05) is 38.1 Å². The summed E-state index contributed by atoms with van der Waals surface area (Å²) < 4.78 is 10.0. The first-order chi connectivity index (χ1) is 13.3. The minimum Gasteiger partial charge on any atom is -0.497 e. The van der Waals surface area contributed by atoms with Crippen LogP contribution in [0.3, 0.4) is 0 Å². The molecule has 0 aliphatic carbocycles. The fourth-order valence-corrected chi connectivity index (χ4v) is 2.11. The van der Waals surface area contributed by atoms with E-state index >= 15 is 0 Å². The highest BCUT2D eigenvalue weighted by Gasteiger charge is 2.13. The quantitative estimate of drug-likeness (QED) is 0.566. The molecule has 1 atom stereocenters. The second kappa shape index (κ2) is 11.5. The van der Waals surface area contributed by atoms with Crippen molar-refractivity contribution in [2.24, 2.45) is 5.92 Å². The Morgan fingerprint density at radius 3 is 2.04 bits per heavy atom. The maximum Gasteiger partial charge on any atom is 0.338 e. The number of carboxylic acids is 1. The number of methoxy groups -OCH3 is 1. The van der Waals surface area contributed by atoms with E-state index in [-0.39, 0.29) is 11.7 Å². The number of esters is 1. The number of hydrogen-bond acceptors (Lipinski definition) is 5. The van der Waals surface area contributed by atoms with Crippen LogP contribution in [0.2, 0.25) is 0 Å². The molecule has 28 heavy (non-hydrogen) atoms.